The Morgan fingerprint density at radius 1 is 1.05 bits per heavy atom. The van der Waals surface area contributed by atoms with Crippen molar-refractivity contribution in [2.24, 2.45) is 0 Å². The summed E-state index contributed by atoms with van der Waals surface area (Å²) >= 11 is 6.40. The van der Waals surface area contributed by atoms with Gasteiger partial charge in [0.2, 0.25) is 0 Å². The van der Waals surface area contributed by atoms with Gasteiger partial charge in [-0.1, -0.05) is 54.3 Å². The molecule has 190 valence electrons. The van der Waals surface area contributed by atoms with Gasteiger partial charge in [0.15, 0.2) is 22.4 Å². The van der Waals surface area contributed by atoms with Crippen molar-refractivity contribution in [1.82, 2.24) is 0 Å². The fourth-order valence-electron chi connectivity index (χ4n) is 3.53. The van der Waals surface area contributed by atoms with Gasteiger partial charge in [0.05, 0.1) is 30.0 Å². The lowest BCUT2D eigenvalue weighted by atomic mass is 10.1. The molecular formula is C27H23FN2O5S2. The van der Waals surface area contributed by atoms with Crippen LogP contribution in [-0.4, -0.2) is 36.5 Å². The molecule has 0 spiro atoms. The van der Waals surface area contributed by atoms with E-state index in [1.54, 1.807) is 54.6 Å². The van der Waals surface area contributed by atoms with E-state index in [2.05, 4.69) is 5.32 Å². The van der Waals surface area contributed by atoms with Gasteiger partial charge in [-0.3, -0.25) is 14.5 Å². The molecule has 1 fully saturated rings. The summed E-state index contributed by atoms with van der Waals surface area (Å²) in [5, 5.41) is 2.77. The number of carbonyl (C=O) groups is 2. The van der Waals surface area contributed by atoms with Crippen molar-refractivity contribution < 1.29 is 28.2 Å². The fourth-order valence-corrected chi connectivity index (χ4v) is 4.82. The Morgan fingerprint density at radius 3 is 2.57 bits per heavy atom. The number of nitrogens with one attached hydrogen (secondary N) is 1. The minimum absolute atomic E-state index is 0.108. The maximum absolute atomic E-state index is 14.2. The summed E-state index contributed by atoms with van der Waals surface area (Å²) in [5.74, 6) is -0.0134. The number of halogens is 1. The predicted molar refractivity (Wildman–Crippen MR) is 147 cm³/mol. The molecule has 0 atom stereocenters. The number of thioether (sulfide) groups is 1. The van der Waals surface area contributed by atoms with Crippen molar-refractivity contribution in [2.75, 3.05) is 30.5 Å². The number of benzene rings is 3. The first-order valence-electron chi connectivity index (χ1n) is 11.3. The Bertz CT molecular complexity index is 1380. The summed E-state index contributed by atoms with van der Waals surface area (Å²) in [6.07, 6.45) is 1.64. The third kappa shape index (κ3) is 6.10. The predicted octanol–water partition coefficient (Wildman–Crippen LogP) is 5.66. The summed E-state index contributed by atoms with van der Waals surface area (Å²) in [6.45, 7) is 2.08. The number of hydrogen-bond donors (Lipinski definition) is 1. The molecule has 0 saturated carbocycles. The third-order valence-electron chi connectivity index (χ3n) is 5.19. The van der Waals surface area contributed by atoms with E-state index in [4.69, 9.17) is 26.4 Å². The zero-order chi connectivity index (χ0) is 26.4. The van der Waals surface area contributed by atoms with Gasteiger partial charge in [-0.2, -0.15) is 0 Å². The first-order valence-corrected chi connectivity index (χ1v) is 12.5. The summed E-state index contributed by atoms with van der Waals surface area (Å²) in [6, 6.07) is 18.1. The summed E-state index contributed by atoms with van der Waals surface area (Å²) in [5.41, 5.74) is 1.30. The first-order chi connectivity index (χ1) is 17.9. The van der Waals surface area contributed by atoms with E-state index in [0.717, 1.165) is 11.8 Å². The molecule has 0 radical (unpaired) electrons. The highest BCUT2D eigenvalue weighted by Gasteiger charge is 2.34. The maximum Gasteiger partial charge on any atom is 0.270 e. The monoisotopic (exact) mass is 538 g/mol. The van der Waals surface area contributed by atoms with E-state index in [-0.39, 0.29) is 22.5 Å². The molecule has 0 bridgehead atoms. The number of hydrogen-bond acceptors (Lipinski definition) is 7. The lowest BCUT2D eigenvalue weighted by Gasteiger charge is -2.15. The molecule has 1 aliphatic heterocycles. The van der Waals surface area contributed by atoms with Crippen LogP contribution in [-0.2, 0) is 9.59 Å². The van der Waals surface area contributed by atoms with Gasteiger partial charge >= 0.3 is 0 Å². The molecule has 1 saturated heterocycles. The van der Waals surface area contributed by atoms with Gasteiger partial charge in [-0.15, -0.1) is 0 Å². The number of rotatable bonds is 9. The first kappa shape index (κ1) is 26.2. The van der Waals surface area contributed by atoms with E-state index < -0.39 is 11.7 Å². The number of thiocarbonyl (C=S) groups is 1. The van der Waals surface area contributed by atoms with Crippen LogP contribution < -0.4 is 24.4 Å². The molecule has 0 aromatic heterocycles. The van der Waals surface area contributed by atoms with E-state index in [1.165, 1.54) is 24.1 Å². The number of carbonyl (C=O) groups excluding carboxylic acids is 2. The van der Waals surface area contributed by atoms with Crippen molar-refractivity contribution in [3.63, 3.8) is 0 Å². The fraction of sp³-hybridized carbons (Fsp3) is 0.148. The Morgan fingerprint density at radius 2 is 1.81 bits per heavy atom. The lowest BCUT2D eigenvalue weighted by Crippen LogP contribution is -2.28. The molecule has 3 aromatic carbocycles. The highest BCUT2D eigenvalue weighted by atomic mass is 32.2. The smallest absolute Gasteiger partial charge is 0.270 e. The molecule has 10 heteroatoms. The highest BCUT2D eigenvalue weighted by molar-refractivity contribution is 8.27. The van der Waals surface area contributed by atoms with Gasteiger partial charge in [0.1, 0.15) is 11.6 Å². The van der Waals surface area contributed by atoms with Crippen LogP contribution >= 0.6 is 24.0 Å². The molecule has 4 rings (SSSR count). The minimum Gasteiger partial charge on any atom is -0.493 e. The molecule has 7 nitrogen and oxygen atoms in total. The second-order valence-electron chi connectivity index (χ2n) is 7.64. The number of para-hydroxylation sites is 3. The molecule has 0 unspecified atom stereocenters. The van der Waals surface area contributed by atoms with Gasteiger partial charge in [0, 0.05) is 0 Å². The largest absolute Gasteiger partial charge is 0.493 e. The number of nitrogens with zero attached hydrogens (tertiary/aromatic N) is 1. The maximum atomic E-state index is 14.2. The summed E-state index contributed by atoms with van der Waals surface area (Å²) in [7, 11) is 1.47. The lowest BCUT2D eigenvalue weighted by molar-refractivity contribution is -0.118. The average Bonchev–Trinajstić information content (AvgIpc) is 3.17. The highest BCUT2D eigenvalue weighted by Crippen LogP contribution is 2.38. The molecule has 1 heterocycles. The van der Waals surface area contributed by atoms with Crippen molar-refractivity contribution in [2.45, 2.75) is 6.92 Å². The Hall–Kier alpha value is -3.89. The Balaban J connectivity index is 1.45. The summed E-state index contributed by atoms with van der Waals surface area (Å²) in [4.78, 5) is 26.9. The van der Waals surface area contributed by atoms with E-state index >= 15 is 0 Å². The topological polar surface area (TPSA) is 77.1 Å². The van der Waals surface area contributed by atoms with Crippen LogP contribution in [0.1, 0.15) is 12.5 Å². The molecule has 1 aliphatic rings. The van der Waals surface area contributed by atoms with Crippen molar-refractivity contribution in [1.29, 1.82) is 0 Å². The standard InChI is InChI=1S/C27H23FN2O5S2/c1-3-34-21-11-7-5-9-19(21)29-25(31)16-35-22-13-12-17(14-23(22)33-2)15-24-26(32)30(27(36)37-24)20-10-6-4-8-18(20)28/h4-15H,3,16H2,1-2H3,(H,29,31)/b24-15-. The zero-order valence-corrected chi connectivity index (χ0v) is 21.7. The second kappa shape index (κ2) is 11.9. The van der Waals surface area contributed by atoms with Crippen LogP contribution in [0.25, 0.3) is 6.08 Å². The zero-order valence-electron chi connectivity index (χ0n) is 20.0. The van der Waals surface area contributed by atoms with Gasteiger partial charge in [0.25, 0.3) is 11.8 Å². The summed E-state index contributed by atoms with van der Waals surface area (Å²) < 4.78 is 31.1. The van der Waals surface area contributed by atoms with E-state index in [0.29, 0.717) is 40.0 Å². The average molecular weight is 539 g/mol. The van der Waals surface area contributed by atoms with Crippen LogP contribution in [0.3, 0.4) is 0 Å². The minimum atomic E-state index is -0.534. The Kier molecular flexibility index (Phi) is 8.42. The quantitative estimate of drug-likeness (QED) is 0.278. The van der Waals surface area contributed by atoms with Crippen LogP contribution in [0, 0.1) is 5.82 Å². The number of anilines is 2. The van der Waals surface area contributed by atoms with Crippen LogP contribution in [0.2, 0.25) is 0 Å². The van der Waals surface area contributed by atoms with Crippen LogP contribution in [0.15, 0.2) is 71.6 Å². The Labute approximate surface area is 223 Å². The molecule has 3 aromatic rings. The van der Waals surface area contributed by atoms with Crippen LogP contribution in [0.4, 0.5) is 15.8 Å². The van der Waals surface area contributed by atoms with Gasteiger partial charge in [-0.05, 0) is 55.0 Å². The third-order valence-corrected chi connectivity index (χ3v) is 6.49. The van der Waals surface area contributed by atoms with Crippen molar-refractivity contribution >= 4 is 57.6 Å². The number of amides is 2. The van der Waals surface area contributed by atoms with Crippen molar-refractivity contribution in [3.05, 3.63) is 83.0 Å². The van der Waals surface area contributed by atoms with Gasteiger partial charge < -0.3 is 19.5 Å². The molecule has 2 amide bonds. The molecule has 1 N–H and O–H groups in total. The number of ether oxygens (including phenoxy) is 3. The SMILES string of the molecule is CCOc1ccccc1NC(=O)COc1ccc(/C=C2\SC(=S)N(c3ccccc3F)C2=O)cc1OC. The van der Waals surface area contributed by atoms with E-state index in [9.17, 15) is 14.0 Å². The normalized spacial score (nSPS) is 14.1. The second-order valence-corrected chi connectivity index (χ2v) is 9.32. The van der Waals surface area contributed by atoms with Crippen LogP contribution in [0.5, 0.6) is 17.2 Å². The molecule has 0 aliphatic carbocycles. The molecular weight excluding hydrogens is 515 g/mol. The number of methoxy groups -OCH3 is 1. The van der Waals surface area contributed by atoms with Gasteiger partial charge in [-0.25, -0.2) is 4.39 Å². The van der Waals surface area contributed by atoms with Crippen molar-refractivity contribution in [3.8, 4) is 17.2 Å². The van der Waals surface area contributed by atoms with E-state index in [1.807, 2.05) is 13.0 Å². The molecule has 37 heavy (non-hydrogen) atoms.